The van der Waals surface area contributed by atoms with Gasteiger partial charge in [-0.1, -0.05) is 0 Å². The SMILES string of the molecule is CCOC(=O)c1ccc(NC(=O)/C(C#N)=C/c2cc(Br)c(OC(C)C)c(OCC)c2)cc1. The predicted molar refractivity (Wildman–Crippen MR) is 126 cm³/mol. The molecular formula is C24H25BrN2O5. The molecule has 0 aromatic heterocycles. The van der Waals surface area contributed by atoms with Crippen LogP contribution in [0.25, 0.3) is 6.08 Å². The number of ether oxygens (including phenoxy) is 3. The van der Waals surface area contributed by atoms with E-state index in [-0.39, 0.29) is 18.3 Å². The van der Waals surface area contributed by atoms with Crippen LogP contribution in [-0.4, -0.2) is 31.2 Å². The molecule has 1 amide bonds. The average molecular weight is 501 g/mol. The van der Waals surface area contributed by atoms with Gasteiger partial charge in [0, 0.05) is 5.69 Å². The number of hydrogen-bond acceptors (Lipinski definition) is 6. The minimum absolute atomic E-state index is 0.0532. The Balaban J connectivity index is 2.25. The number of carbonyl (C=O) groups excluding carboxylic acids is 2. The molecule has 8 heteroatoms. The molecule has 0 saturated heterocycles. The van der Waals surface area contributed by atoms with Crippen LogP contribution >= 0.6 is 15.9 Å². The van der Waals surface area contributed by atoms with Gasteiger partial charge in [-0.2, -0.15) is 5.26 Å². The number of nitrogens with one attached hydrogen (secondary N) is 1. The van der Waals surface area contributed by atoms with Gasteiger partial charge in [0.15, 0.2) is 11.5 Å². The van der Waals surface area contributed by atoms with Gasteiger partial charge in [0.1, 0.15) is 11.6 Å². The van der Waals surface area contributed by atoms with Crippen LogP contribution in [0.4, 0.5) is 5.69 Å². The van der Waals surface area contributed by atoms with E-state index < -0.39 is 11.9 Å². The number of nitrogens with zero attached hydrogens (tertiary/aromatic N) is 1. The second-order valence-electron chi connectivity index (χ2n) is 6.85. The lowest BCUT2D eigenvalue weighted by molar-refractivity contribution is -0.112. The van der Waals surface area contributed by atoms with E-state index in [1.54, 1.807) is 43.3 Å². The van der Waals surface area contributed by atoms with Crippen molar-refractivity contribution >= 4 is 39.6 Å². The van der Waals surface area contributed by atoms with Crippen molar-refractivity contribution in [2.24, 2.45) is 0 Å². The highest BCUT2D eigenvalue weighted by molar-refractivity contribution is 9.10. The molecule has 0 aliphatic carbocycles. The van der Waals surface area contributed by atoms with Crippen LogP contribution in [0.5, 0.6) is 11.5 Å². The molecule has 0 fully saturated rings. The molecule has 0 spiro atoms. The number of rotatable bonds is 9. The average Bonchev–Trinajstić information content (AvgIpc) is 2.75. The molecule has 0 aliphatic rings. The fraction of sp³-hybridized carbons (Fsp3) is 0.292. The summed E-state index contributed by atoms with van der Waals surface area (Å²) < 4.78 is 17.1. The molecule has 0 aliphatic heterocycles. The molecule has 0 saturated carbocycles. The van der Waals surface area contributed by atoms with Gasteiger partial charge in [-0.3, -0.25) is 4.79 Å². The number of carbonyl (C=O) groups is 2. The normalized spacial score (nSPS) is 11.0. The maximum Gasteiger partial charge on any atom is 0.338 e. The molecule has 0 heterocycles. The Labute approximate surface area is 196 Å². The van der Waals surface area contributed by atoms with Crippen molar-refractivity contribution in [3.63, 3.8) is 0 Å². The standard InChI is InChI=1S/C24H25BrN2O5/c1-5-30-21-13-16(12-20(25)22(21)32-15(3)4)11-18(14-26)23(28)27-19-9-7-17(8-10-19)24(29)31-6-2/h7-13,15H,5-6H2,1-4H3,(H,27,28)/b18-11+. The van der Waals surface area contributed by atoms with Crippen LogP contribution in [0.2, 0.25) is 0 Å². The molecule has 2 aromatic rings. The van der Waals surface area contributed by atoms with Gasteiger partial charge in [0.05, 0.1) is 29.4 Å². The van der Waals surface area contributed by atoms with Crippen LogP contribution in [-0.2, 0) is 9.53 Å². The van der Waals surface area contributed by atoms with Gasteiger partial charge >= 0.3 is 5.97 Å². The minimum atomic E-state index is -0.576. The smallest absolute Gasteiger partial charge is 0.338 e. The number of benzene rings is 2. The number of nitriles is 1. The van der Waals surface area contributed by atoms with E-state index >= 15 is 0 Å². The molecule has 2 rings (SSSR count). The van der Waals surface area contributed by atoms with Crippen molar-refractivity contribution in [2.45, 2.75) is 33.8 Å². The van der Waals surface area contributed by atoms with Gasteiger partial charge in [0.25, 0.3) is 5.91 Å². The molecule has 0 unspecified atom stereocenters. The number of amides is 1. The zero-order chi connectivity index (χ0) is 23.7. The zero-order valence-corrected chi connectivity index (χ0v) is 20.0. The molecule has 2 aromatic carbocycles. The summed E-state index contributed by atoms with van der Waals surface area (Å²) in [5.74, 6) is 0.0502. The topological polar surface area (TPSA) is 97.7 Å². The Hall–Kier alpha value is -3.31. The lowest BCUT2D eigenvalue weighted by atomic mass is 10.1. The van der Waals surface area contributed by atoms with E-state index in [1.807, 2.05) is 26.8 Å². The fourth-order valence-corrected chi connectivity index (χ4v) is 3.26. The molecular weight excluding hydrogens is 476 g/mol. The number of esters is 1. The largest absolute Gasteiger partial charge is 0.490 e. The van der Waals surface area contributed by atoms with Crippen molar-refractivity contribution in [3.8, 4) is 17.6 Å². The van der Waals surface area contributed by atoms with Gasteiger partial charge in [-0.15, -0.1) is 0 Å². The van der Waals surface area contributed by atoms with Crippen molar-refractivity contribution in [3.05, 3.63) is 57.6 Å². The van der Waals surface area contributed by atoms with Gasteiger partial charge in [-0.25, -0.2) is 4.79 Å². The summed E-state index contributed by atoms with van der Waals surface area (Å²) in [7, 11) is 0. The van der Waals surface area contributed by atoms with Crippen molar-refractivity contribution in [1.29, 1.82) is 5.26 Å². The van der Waals surface area contributed by atoms with E-state index in [2.05, 4.69) is 21.2 Å². The van der Waals surface area contributed by atoms with E-state index in [1.165, 1.54) is 6.08 Å². The Kier molecular flexibility index (Phi) is 9.29. The summed E-state index contributed by atoms with van der Waals surface area (Å²) in [6.07, 6.45) is 1.41. The Bertz CT molecular complexity index is 1040. The van der Waals surface area contributed by atoms with Crippen LogP contribution < -0.4 is 14.8 Å². The van der Waals surface area contributed by atoms with E-state index in [0.717, 1.165) is 0 Å². The Morgan fingerprint density at radius 3 is 2.41 bits per heavy atom. The second-order valence-corrected chi connectivity index (χ2v) is 7.71. The Morgan fingerprint density at radius 2 is 1.84 bits per heavy atom. The van der Waals surface area contributed by atoms with Crippen LogP contribution in [0.15, 0.2) is 46.4 Å². The number of anilines is 1. The Morgan fingerprint density at radius 1 is 1.16 bits per heavy atom. The number of hydrogen-bond donors (Lipinski definition) is 1. The molecule has 32 heavy (non-hydrogen) atoms. The summed E-state index contributed by atoms with van der Waals surface area (Å²) in [6.45, 7) is 8.11. The molecule has 7 nitrogen and oxygen atoms in total. The van der Waals surface area contributed by atoms with E-state index in [4.69, 9.17) is 14.2 Å². The maximum atomic E-state index is 12.6. The molecule has 1 N–H and O–H groups in total. The first-order chi connectivity index (χ1) is 15.3. The molecule has 0 atom stereocenters. The van der Waals surface area contributed by atoms with Crippen molar-refractivity contribution < 1.29 is 23.8 Å². The zero-order valence-electron chi connectivity index (χ0n) is 18.4. The minimum Gasteiger partial charge on any atom is -0.490 e. The summed E-state index contributed by atoms with van der Waals surface area (Å²) in [6, 6.07) is 11.6. The lowest BCUT2D eigenvalue weighted by Gasteiger charge is -2.17. The number of halogens is 1. The van der Waals surface area contributed by atoms with Gasteiger partial charge in [-0.05, 0) is 91.7 Å². The molecule has 168 valence electrons. The van der Waals surface area contributed by atoms with E-state index in [0.29, 0.717) is 39.4 Å². The predicted octanol–water partition coefficient (Wildman–Crippen LogP) is 5.36. The third-order valence-electron chi connectivity index (χ3n) is 4.02. The summed E-state index contributed by atoms with van der Waals surface area (Å²) in [4.78, 5) is 24.4. The molecule has 0 radical (unpaired) electrons. The first-order valence-electron chi connectivity index (χ1n) is 10.1. The van der Waals surface area contributed by atoms with Crippen molar-refractivity contribution in [1.82, 2.24) is 0 Å². The lowest BCUT2D eigenvalue weighted by Crippen LogP contribution is -2.14. The monoisotopic (exact) mass is 500 g/mol. The summed E-state index contributed by atoms with van der Waals surface area (Å²) in [5, 5.41) is 12.2. The summed E-state index contributed by atoms with van der Waals surface area (Å²) in [5.41, 5.74) is 1.33. The highest BCUT2D eigenvalue weighted by Crippen LogP contribution is 2.38. The third-order valence-corrected chi connectivity index (χ3v) is 4.60. The first-order valence-corrected chi connectivity index (χ1v) is 10.9. The fourth-order valence-electron chi connectivity index (χ4n) is 2.70. The van der Waals surface area contributed by atoms with Crippen molar-refractivity contribution in [2.75, 3.05) is 18.5 Å². The van der Waals surface area contributed by atoms with Crippen LogP contribution in [0, 0.1) is 11.3 Å². The maximum absolute atomic E-state index is 12.6. The summed E-state index contributed by atoms with van der Waals surface area (Å²) >= 11 is 3.47. The highest BCUT2D eigenvalue weighted by Gasteiger charge is 2.15. The third kappa shape index (κ3) is 6.86. The quantitative estimate of drug-likeness (QED) is 0.282. The van der Waals surface area contributed by atoms with Gasteiger partial charge in [0.2, 0.25) is 0 Å². The van der Waals surface area contributed by atoms with Crippen LogP contribution in [0.3, 0.4) is 0 Å². The second kappa shape index (κ2) is 11.9. The molecule has 0 bridgehead atoms. The van der Waals surface area contributed by atoms with Crippen LogP contribution in [0.1, 0.15) is 43.6 Å². The highest BCUT2D eigenvalue weighted by atomic mass is 79.9. The first kappa shape index (κ1) is 25.0. The van der Waals surface area contributed by atoms with E-state index in [9.17, 15) is 14.9 Å². The van der Waals surface area contributed by atoms with Gasteiger partial charge < -0.3 is 19.5 Å².